The van der Waals surface area contributed by atoms with Gasteiger partial charge in [0.25, 0.3) is 12.2 Å². The molecule has 0 atom stereocenters. The van der Waals surface area contributed by atoms with Crippen molar-refractivity contribution in [3.05, 3.63) is 53.6 Å². The minimum absolute atomic E-state index is 0.00118. The van der Waals surface area contributed by atoms with Crippen molar-refractivity contribution < 1.29 is 17.6 Å². The predicted molar refractivity (Wildman–Crippen MR) is 112 cm³/mol. The molecule has 1 aromatic carbocycles. The van der Waals surface area contributed by atoms with Crippen LogP contribution < -0.4 is 4.90 Å². The fourth-order valence-corrected chi connectivity index (χ4v) is 4.33. The minimum Gasteiger partial charge on any atom is -0.324 e. The molecular weight excluding hydrogens is 436 g/mol. The molecule has 0 unspecified atom stereocenters. The van der Waals surface area contributed by atoms with E-state index in [-0.39, 0.29) is 17.0 Å². The predicted octanol–water partition coefficient (Wildman–Crippen LogP) is 4.43. The van der Waals surface area contributed by atoms with Gasteiger partial charge in [-0.25, -0.2) is 17.6 Å². The number of rotatable bonds is 2. The van der Waals surface area contributed by atoms with Gasteiger partial charge in [0, 0.05) is 18.3 Å². The van der Waals surface area contributed by atoms with Crippen molar-refractivity contribution in [3.63, 3.8) is 0 Å². The lowest BCUT2D eigenvalue weighted by Crippen LogP contribution is -2.27. The number of hydrogen-bond donors (Lipinski definition) is 0. The number of aromatic nitrogens is 5. The normalized spacial score (nSPS) is 16.7. The number of benzene rings is 1. The molecule has 33 heavy (non-hydrogen) atoms. The van der Waals surface area contributed by atoms with Crippen molar-refractivity contribution in [2.45, 2.75) is 32.1 Å². The molecule has 1 saturated carbocycles. The van der Waals surface area contributed by atoms with E-state index >= 15 is 4.39 Å². The maximum absolute atomic E-state index is 15.0. The summed E-state index contributed by atoms with van der Waals surface area (Å²) < 4.78 is 57.3. The van der Waals surface area contributed by atoms with Crippen LogP contribution in [0, 0.1) is 28.9 Å². The number of pyridine rings is 1. The second-order valence-electron chi connectivity index (χ2n) is 8.34. The molecule has 0 spiro atoms. The van der Waals surface area contributed by atoms with Crippen molar-refractivity contribution in [2.75, 3.05) is 11.4 Å². The third kappa shape index (κ3) is 3.03. The lowest BCUT2D eigenvalue weighted by atomic mass is 9.97. The molecule has 6 rings (SSSR count). The van der Waals surface area contributed by atoms with Crippen molar-refractivity contribution in [2.24, 2.45) is 5.41 Å². The highest BCUT2D eigenvalue weighted by atomic mass is 19.3. The zero-order chi connectivity index (χ0) is 22.7. The number of halogens is 4. The Balaban J connectivity index is 1.54. The van der Waals surface area contributed by atoms with Gasteiger partial charge in [-0.1, -0.05) is 11.8 Å². The number of anilines is 2. The maximum atomic E-state index is 15.0. The van der Waals surface area contributed by atoms with Crippen molar-refractivity contribution in [3.8, 4) is 11.8 Å². The molecule has 1 fully saturated rings. The largest absolute Gasteiger partial charge is 0.324 e. The Morgan fingerprint density at radius 1 is 1.12 bits per heavy atom. The molecule has 4 heterocycles. The zero-order valence-corrected chi connectivity index (χ0v) is 17.2. The van der Waals surface area contributed by atoms with Gasteiger partial charge in [-0.05, 0) is 43.4 Å². The van der Waals surface area contributed by atoms with E-state index in [9.17, 15) is 13.2 Å². The molecule has 3 aromatic heterocycles. The Morgan fingerprint density at radius 2 is 1.97 bits per heavy atom. The Morgan fingerprint density at radius 3 is 2.76 bits per heavy atom. The van der Waals surface area contributed by atoms with Crippen LogP contribution in [0.2, 0.25) is 0 Å². The molecule has 0 N–H and O–H groups in total. The first-order chi connectivity index (χ1) is 16.0. The number of alkyl halides is 2. The molecule has 0 radical (unpaired) electrons. The molecule has 0 saturated heterocycles. The summed E-state index contributed by atoms with van der Waals surface area (Å²) >= 11 is 0. The summed E-state index contributed by atoms with van der Waals surface area (Å²) in [5.41, 5.74) is 1.16. The second-order valence-corrected chi connectivity index (χ2v) is 8.34. The van der Waals surface area contributed by atoms with E-state index in [1.165, 1.54) is 16.8 Å². The smallest absolute Gasteiger partial charge is 0.257 e. The van der Waals surface area contributed by atoms with Crippen LogP contribution in [0.5, 0.6) is 0 Å². The van der Waals surface area contributed by atoms with Crippen molar-refractivity contribution in [1.82, 2.24) is 24.6 Å². The summed E-state index contributed by atoms with van der Waals surface area (Å²) in [5, 5.41) is 7.82. The van der Waals surface area contributed by atoms with Crippen molar-refractivity contribution in [1.29, 1.82) is 0 Å². The summed E-state index contributed by atoms with van der Waals surface area (Å²) in [4.78, 5) is 10.5. The molecule has 0 bridgehead atoms. The van der Waals surface area contributed by atoms with E-state index in [4.69, 9.17) is 0 Å². The van der Waals surface area contributed by atoms with Gasteiger partial charge in [-0.3, -0.25) is 9.38 Å². The molecule has 10 heteroatoms. The van der Waals surface area contributed by atoms with Crippen LogP contribution in [0.1, 0.15) is 30.4 Å². The Bertz CT molecular complexity index is 1480. The maximum Gasteiger partial charge on any atom is 0.257 e. The number of hydrogen-bond acceptors (Lipinski definition) is 5. The second kappa shape index (κ2) is 7.13. The summed E-state index contributed by atoms with van der Waals surface area (Å²) in [6, 6.07) is 2.51. The van der Waals surface area contributed by atoms with E-state index in [1.807, 2.05) is 0 Å². The molecule has 2 aliphatic rings. The summed E-state index contributed by atoms with van der Waals surface area (Å²) in [6.07, 6.45) is 4.17. The van der Waals surface area contributed by atoms with Crippen LogP contribution in [0.3, 0.4) is 0 Å². The highest BCUT2D eigenvalue weighted by Gasteiger charge is 2.50. The first-order valence-corrected chi connectivity index (χ1v) is 10.5. The molecule has 1 aliphatic carbocycles. The first-order valence-electron chi connectivity index (χ1n) is 10.5. The third-order valence-corrected chi connectivity index (χ3v) is 6.33. The zero-order valence-electron chi connectivity index (χ0n) is 17.2. The minimum atomic E-state index is -2.49. The van der Waals surface area contributed by atoms with E-state index < -0.39 is 23.5 Å². The van der Waals surface area contributed by atoms with Crippen LogP contribution >= 0.6 is 0 Å². The van der Waals surface area contributed by atoms with E-state index in [1.54, 1.807) is 17.3 Å². The van der Waals surface area contributed by atoms with Gasteiger partial charge >= 0.3 is 0 Å². The van der Waals surface area contributed by atoms with Gasteiger partial charge in [0.2, 0.25) is 0 Å². The van der Waals surface area contributed by atoms with Crippen LogP contribution in [-0.4, -0.2) is 37.5 Å². The molecular formula is C23H16F4N6. The van der Waals surface area contributed by atoms with Gasteiger partial charge in [-0.15, -0.1) is 10.2 Å². The molecule has 166 valence electrons. The molecule has 6 nitrogen and oxygen atoms in total. The quantitative estimate of drug-likeness (QED) is 0.333. The average Bonchev–Trinajstić information content (AvgIpc) is 3.48. The summed E-state index contributed by atoms with van der Waals surface area (Å²) in [6.45, 7) is 0.481. The topological polar surface area (TPSA) is 59.2 Å². The van der Waals surface area contributed by atoms with Gasteiger partial charge < -0.3 is 4.90 Å². The lowest BCUT2D eigenvalue weighted by Gasteiger charge is -2.31. The van der Waals surface area contributed by atoms with E-state index in [0.717, 1.165) is 11.6 Å². The van der Waals surface area contributed by atoms with Gasteiger partial charge in [-0.2, -0.15) is 4.98 Å². The number of fused-ring (bicyclic) bond motifs is 4. The molecule has 4 aromatic rings. The lowest BCUT2D eigenvalue weighted by molar-refractivity contribution is 0.0921. The van der Waals surface area contributed by atoms with Crippen LogP contribution in [-0.2, 0) is 6.42 Å². The molecule has 0 amide bonds. The molecule has 1 aliphatic heterocycles. The SMILES string of the molecule is Fc1ccc2c(c(N3CCCc4c(C#CC5(C(F)F)CC5)cncc43)nc3nncn32)c1F. The van der Waals surface area contributed by atoms with Crippen LogP contribution in [0.25, 0.3) is 16.7 Å². The van der Waals surface area contributed by atoms with Gasteiger partial charge in [0.15, 0.2) is 11.6 Å². The Labute approximate surface area is 185 Å². The third-order valence-electron chi connectivity index (χ3n) is 6.33. The summed E-state index contributed by atoms with van der Waals surface area (Å²) in [7, 11) is 0. The van der Waals surface area contributed by atoms with Crippen molar-refractivity contribution >= 4 is 28.2 Å². The van der Waals surface area contributed by atoms with Gasteiger partial charge in [0.1, 0.15) is 12.1 Å². The van der Waals surface area contributed by atoms with Crippen LogP contribution in [0.4, 0.5) is 29.1 Å². The van der Waals surface area contributed by atoms with Gasteiger partial charge in [0.05, 0.1) is 28.2 Å². The monoisotopic (exact) mass is 452 g/mol. The number of nitrogens with zero attached hydrogens (tertiary/aromatic N) is 6. The van der Waals surface area contributed by atoms with E-state index in [2.05, 4.69) is 32.0 Å². The fourth-order valence-electron chi connectivity index (χ4n) is 4.33. The standard InChI is InChI=1S/C23H16F4N6/c24-15-3-4-16-18(19(15)25)20(30-22-31-29-12-33(16)22)32-9-1-2-14-13(10-28-11-17(14)32)5-6-23(7-8-23)21(26)27/h3-4,10-12,21H,1-2,7-9H2. The Kier molecular flexibility index (Phi) is 4.30. The Hall–Kier alpha value is -3.74. The highest BCUT2D eigenvalue weighted by molar-refractivity contribution is 5.94. The van der Waals surface area contributed by atoms with Crippen LogP contribution in [0.15, 0.2) is 30.9 Å². The first kappa shape index (κ1) is 19.9. The average molecular weight is 452 g/mol. The highest BCUT2D eigenvalue weighted by Crippen LogP contribution is 2.50. The fraction of sp³-hybridized carbons (Fsp3) is 0.304. The van der Waals surface area contributed by atoms with E-state index in [0.29, 0.717) is 49.0 Å². The summed E-state index contributed by atoms with van der Waals surface area (Å²) in [5.74, 6) is 4.09.